The number of sulfonamides is 1. The fraction of sp³-hybridized carbons (Fsp3) is 0.409. The number of anilines is 1. The maximum Gasteiger partial charge on any atom is 0.251 e. The summed E-state index contributed by atoms with van der Waals surface area (Å²) in [5.41, 5.74) is 2.18. The van der Waals surface area contributed by atoms with Crippen molar-refractivity contribution < 1.29 is 13.2 Å². The molecule has 156 valence electrons. The first-order valence-corrected chi connectivity index (χ1v) is 11.7. The zero-order valence-corrected chi connectivity index (χ0v) is 17.7. The van der Waals surface area contributed by atoms with Crippen molar-refractivity contribution >= 4 is 21.6 Å². The fourth-order valence-corrected chi connectivity index (χ4v) is 4.85. The molecule has 0 spiro atoms. The molecule has 7 heteroatoms. The van der Waals surface area contributed by atoms with Crippen molar-refractivity contribution in [1.82, 2.24) is 10.0 Å². The molecule has 1 heterocycles. The number of hydrogen-bond donors (Lipinski definition) is 2. The number of hydrogen-bond acceptors (Lipinski definition) is 4. The van der Waals surface area contributed by atoms with Crippen LogP contribution in [0.3, 0.4) is 0 Å². The molecule has 2 aromatic rings. The molecule has 2 aromatic carbocycles. The van der Waals surface area contributed by atoms with Crippen LogP contribution in [0.5, 0.6) is 0 Å². The molecule has 0 aliphatic carbocycles. The van der Waals surface area contributed by atoms with Gasteiger partial charge in [0.15, 0.2) is 0 Å². The average molecular weight is 416 g/mol. The Labute approximate surface area is 173 Å². The van der Waals surface area contributed by atoms with Crippen molar-refractivity contribution in [2.24, 2.45) is 0 Å². The molecule has 2 N–H and O–H groups in total. The van der Waals surface area contributed by atoms with Crippen molar-refractivity contribution in [2.75, 3.05) is 31.1 Å². The zero-order valence-electron chi connectivity index (χ0n) is 16.9. The molecule has 1 saturated heterocycles. The summed E-state index contributed by atoms with van der Waals surface area (Å²) < 4.78 is 28.4. The van der Waals surface area contributed by atoms with Gasteiger partial charge in [-0.2, -0.15) is 0 Å². The van der Waals surface area contributed by atoms with E-state index in [1.54, 1.807) is 12.1 Å². The summed E-state index contributed by atoms with van der Waals surface area (Å²) in [7, 11) is -3.68. The molecule has 6 nitrogen and oxygen atoms in total. The third-order valence-corrected chi connectivity index (χ3v) is 6.53. The predicted octanol–water partition coefficient (Wildman–Crippen LogP) is 2.95. The molecular weight excluding hydrogens is 386 g/mol. The number of carbonyl (C=O) groups excluding carboxylic acids is 1. The zero-order chi connectivity index (χ0) is 20.7. The number of nitrogens with one attached hydrogen (secondary N) is 2. The van der Waals surface area contributed by atoms with Gasteiger partial charge >= 0.3 is 0 Å². The summed E-state index contributed by atoms with van der Waals surface area (Å²) in [4.78, 5) is 14.9. The Hall–Kier alpha value is -2.38. The van der Waals surface area contributed by atoms with Gasteiger partial charge in [0.1, 0.15) is 4.90 Å². The Morgan fingerprint density at radius 3 is 2.45 bits per heavy atom. The lowest BCUT2D eigenvalue weighted by molar-refractivity contribution is 0.0954. The smallest absolute Gasteiger partial charge is 0.251 e. The Bertz CT molecular complexity index is 924. The first kappa shape index (κ1) is 21.3. The van der Waals surface area contributed by atoms with Gasteiger partial charge in [0.05, 0.1) is 5.69 Å². The molecule has 1 aliphatic heterocycles. The van der Waals surface area contributed by atoms with Crippen LogP contribution in [-0.2, 0) is 16.4 Å². The lowest BCUT2D eigenvalue weighted by atomic mass is 10.1. The third-order valence-electron chi connectivity index (χ3n) is 5.04. The molecule has 0 saturated carbocycles. The van der Waals surface area contributed by atoms with Crippen LogP contribution in [-0.4, -0.2) is 40.5 Å². The van der Waals surface area contributed by atoms with Crippen LogP contribution in [0.1, 0.15) is 42.1 Å². The summed E-state index contributed by atoms with van der Waals surface area (Å²) >= 11 is 0. The SMILES string of the molecule is CCCNS(=O)(=O)c1cc(C(=O)NCCc2ccccc2)ccc1N1CCCC1. The van der Waals surface area contributed by atoms with Crippen LogP contribution in [0, 0.1) is 0 Å². The molecule has 0 radical (unpaired) electrons. The van der Waals surface area contributed by atoms with Gasteiger partial charge in [-0.1, -0.05) is 37.3 Å². The Balaban J connectivity index is 1.78. The van der Waals surface area contributed by atoms with Gasteiger partial charge in [-0.15, -0.1) is 0 Å². The van der Waals surface area contributed by atoms with Gasteiger partial charge in [-0.25, -0.2) is 13.1 Å². The lowest BCUT2D eigenvalue weighted by Crippen LogP contribution is -2.29. The minimum Gasteiger partial charge on any atom is -0.370 e. The van der Waals surface area contributed by atoms with E-state index in [0.29, 0.717) is 30.8 Å². The Morgan fingerprint density at radius 1 is 1.03 bits per heavy atom. The molecule has 0 atom stereocenters. The van der Waals surface area contributed by atoms with Gasteiger partial charge in [-0.05, 0) is 49.4 Å². The first-order chi connectivity index (χ1) is 14.0. The number of carbonyl (C=O) groups is 1. The van der Waals surface area contributed by atoms with Crippen LogP contribution in [0.15, 0.2) is 53.4 Å². The molecule has 0 bridgehead atoms. The molecule has 1 amide bonds. The Kier molecular flexibility index (Phi) is 7.28. The largest absolute Gasteiger partial charge is 0.370 e. The predicted molar refractivity (Wildman–Crippen MR) is 116 cm³/mol. The van der Waals surface area contributed by atoms with Gasteiger partial charge < -0.3 is 10.2 Å². The summed E-state index contributed by atoms with van der Waals surface area (Å²) in [5, 5.41) is 2.89. The van der Waals surface area contributed by atoms with E-state index in [1.807, 2.05) is 37.3 Å². The fourth-order valence-electron chi connectivity index (χ4n) is 3.47. The standard InChI is InChI=1S/C22H29N3O3S/c1-2-13-24-29(27,28)21-17-19(10-11-20(21)25-15-6-7-16-25)22(26)23-14-12-18-8-4-3-5-9-18/h3-5,8-11,17,24H,2,6-7,12-16H2,1H3,(H,23,26). The molecule has 0 aromatic heterocycles. The van der Waals surface area contributed by atoms with Gasteiger partial charge in [0, 0.05) is 31.7 Å². The minimum absolute atomic E-state index is 0.184. The molecule has 29 heavy (non-hydrogen) atoms. The molecule has 0 unspecified atom stereocenters. The lowest BCUT2D eigenvalue weighted by Gasteiger charge is -2.22. The van der Waals surface area contributed by atoms with Crippen LogP contribution in [0.25, 0.3) is 0 Å². The highest BCUT2D eigenvalue weighted by atomic mass is 32.2. The van der Waals surface area contributed by atoms with Gasteiger partial charge in [0.2, 0.25) is 10.0 Å². The highest BCUT2D eigenvalue weighted by Gasteiger charge is 2.25. The van der Waals surface area contributed by atoms with E-state index in [-0.39, 0.29) is 10.8 Å². The maximum absolute atomic E-state index is 12.9. The number of benzene rings is 2. The van der Waals surface area contributed by atoms with Crippen LogP contribution < -0.4 is 14.9 Å². The maximum atomic E-state index is 12.9. The highest BCUT2D eigenvalue weighted by Crippen LogP contribution is 2.29. The quantitative estimate of drug-likeness (QED) is 0.660. The van der Waals surface area contributed by atoms with Crippen LogP contribution in [0.2, 0.25) is 0 Å². The summed E-state index contributed by atoms with van der Waals surface area (Å²) in [6, 6.07) is 14.9. The van der Waals surface area contributed by atoms with Crippen molar-refractivity contribution in [3.05, 3.63) is 59.7 Å². The van der Waals surface area contributed by atoms with Gasteiger partial charge in [0.25, 0.3) is 5.91 Å². The molecule has 1 fully saturated rings. The van der Waals surface area contributed by atoms with Gasteiger partial charge in [-0.3, -0.25) is 4.79 Å². The van der Waals surface area contributed by atoms with E-state index in [0.717, 1.165) is 37.9 Å². The Morgan fingerprint density at radius 2 is 1.76 bits per heavy atom. The third kappa shape index (κ3) is 5.58. The van der Waals surface area contributed by atoms with E-state index in [2.05, 4.69) is 14.9 Å². The normalized spacial score (nSPS) is 14.2. The second-order valence-corrected chi connectivity index (χ2v) is 9.00. The van der Waals surface area contributed by atoms with Crippen LogP contribution in [0.4, 0.5) is 5.69 Å². The molecule has 3 rings (SSSR count). The topological polar surface area (TPSA) is 78.5 Å². The minimum atomic E-state index is -3.68. The van der Waals surface area contributed by atoms with Crippen molar-refractivity contribution in [2.45, 2.75) is 37.5 Å². The second kappa shape index (κ2) is 9.89. The summed E-state index contributed by atoms with van der Waals surface area (Å²) in [6.45, 7) is 4.44. The summed E-state index contributed by atoms with van der Waals surface area (Å²) in [5.74, 6) is -0.263. The number of nitrogens with zero attached hydrogens (tertiary/aromatic N) is 1. The van der Waals surface area contributed by atoms with E-state index in [1.165, 1.54) is 6.07 Å². The average Bonchev–Trinajstić information content (AvgIpc) is 3.27. The van der Waals surface area contributed by atoms with Crippen molar-refractivity contribution in [3.8, 4) is 0 Å². The van der Waals surface area contributed by atoms with Crippen LogP contribution >= 0.6 is 0 Å². The second-order valence-electron chi connectivity index (χ2n) is 7.27. The van der Waals surface area contributed by atoms with Crippen molar-refractivity contribution in [1.29, 1.82) is 0 Å². The first-order valence-electron chi connectivity index (χ1n) is 10.2. The van der Waals surface area contributed by atoms with E-state index in [4.69, 9.17) is 0 Å². The number of amides is 1. The monoisotopic (exact) mass is 415 g/mol. The highest BCUT2D eigenvalue weighted by molar-refractivity contribution is 7.89. The summed E-state index contributed by atoms with van der Waals surface area (Å²) in [6.07, 6.45) is 3.52. The van der Waals surface area contributed by atoms with E-state index >= 15 is 0 Å². The van der Waals surface area contributed by atoms with E-state index in [9.17, 15) is 13.2 Å². The number of rotatable bonds is 9. The van der Waals surface area contributed by atoms with E-state index < -0.39 is 10.0 Å². The van der Waals surface area contributed by atoms with Crippen molar-refractivity contribution in [3.63, 3.8) is 0 Å². The molecule has 1 aliphatic rings. The molecular formula is C22H29N3O3S.